The van der Waals surface area contributed by atoms with Gasteiger partial charge in [-0.2, -0.15) is 18.2 Å². The summed E-state index contributed by atoms with van der Waals surface area (Å²) >= 11 is 0. The fraction of sp³-hybridized carbons (Fsp3) is 0.235. The number of aryl methyl sites for hydroxylation is 1. The van der Waals surface area contributed by atoms with E-state index in [0.29, 0.717) is 6.42 Å². The fourth-order valence-corrected chi connectivity index (χ4v) is 2.57. The molecule has 0 saturated carbocycles. The van der Waals surface area contributed by atoms with Crippen molar-refractivity contribution in [2.24, 2.45) is 0 Å². The number of benzene rings is 1. The molecular weight excluding hydrogens is 351 g/mol. The summed E-state index contributed by atoms with van der Waals surface area (Å²) in [7, 11) is 0. The normalized spacial score (nSPS) is 11.7. The predicted octanol–water partition coefficient (Wildman–Crippen LogP) is 2.72. The molecular formula is C17H14F3N3O3. The Labute approximate surface area is 145 Å². The van der Waals surface area contributed by atoms with E-state index in [-0.39, 0.29) is 30.0 Å². The van der Waals surface area contributed by atoms with E-state index >= 15 is 0 Å². The summed E-state index contributed by atoms with van der Waals surface area (Å²) < 4.78 is 42.2. The second-order valence-corrected chi connectivity index (χ2v) is 5.60. The van der Waals surface area contributed by atoms with E-state index in [2.05, 4.69) is 19.6 Å². The van der Waals surface area contributed by atoms with Crippen LogP contribution in [0.3, 0.4) is 0 Å². The Kier molecular flexibility index (Phi) is 4.90. The fourth-order valence-electron chi connectivity index (χ4n) is 2.57. The van der Waals surface area contributed by atoms with Crippen molar-refractivity contribution in [3.05, 3.63) is 69.5 Å². The molecule has 0 spiro atoms. The zero-order chi connectivity index (χ0) is 18.7. The SMILES string of the molecule is O=c1[nH]ccc(-c2noc(C(F)(F)F)n2)c1CCc1cccc(CO)c1. The highest BCUT2D eigenvalue weighted by Gasteiger charge is 2.38. The van der Waals surface area contributed by atoms with Gasteiger partial charge >= 0.3 is 12.1 Å². The molecule has 6 nitrogen and oxygen atoms in total. The number of aromatic nitrogens is 3. The third-order valence-corrected chi connectivity index (χ3v) is 3.81. The van der Waals surface area contributed by atoms with Gasteiger partial charge in [-0.1, -0.05) is 29.4 Å². The highest BCUT2D eigenvalue weighted by Crippen LogP contribution is 2.29. The van der Waals surface area contributed by atoms with Crippen molar-refractivity contribution in [2.75, 3.05) is 0 Å². The van der Waals surface area contributed by atoms with Crippen LogP contribution in [0.1, 0.15) is 22.6 Å². The Hall–Kier alpha value is -2.94. The third kappa shape index (κ3) is 3.83. The van der Waals surface area contributed by atoms with Crippen LogP contribution in [-0.4, -0.2) is 20.2 Å². The Morgan fingerprint density at radius 3 is 2.62 bits per heavy atom. The van der Waals surface area contributed by atoms with Gasteiger partial charge in [0.15, 0.2) is 0 Å². The molecule has 9 heteroatoms. The van der Waals surface area contributed by atoms with E-state index < -0.39 is 17.6 Å². The summed E-state index contributed by atoms with van der Waals surface area (Å²) in [4.78, 5) is 18.0. The van der Waals surface area contributed by atoms with Crippen molar-refractivity contribution in [2.45, 2.75) is 25.6 Å². The van der Waals surface area contributed by atoms with Crippen LogP contribution in [0, 0.1) is 0 Å². The first kappa shape index (κ1) is 17.9. The molecule has 2 heterocycles. The van der Waals surface area contributed by atoms with E-state index in [4.69, 9.17) is 0 Å². The van der Waals surface area contributed by atoms with E-state index in [0.717, 1.165) is 11.1 Å². The van der Waals surface area contributed by atoms with Crippen molar-refractivity contribution in [1.82, 2.24) is 15.1 Å². The Balaban J connectivity index is 1.90. The maximum atomic E-state index is 12.7. The number of nitrogens with one attached hydrogen (secondary N) is 1. The molecule has 0 amide bonds. The summed E-state index contributed by atoms with van der Waals surface area (Å²) in [5, 5.41) is 12.5. The van der Waals surface area contributed by atoms with Crippen molar-refractivity contribution in [3.8, 4) is 11.4 Å². The van der Waals surface area contributed by atoms with Crippen LogP contribution in [0.2, 0.25) is 0 Å². The van der Waals surface area contributed by atoms with Crippen LogP contribution in [0.25, 0.3) is 11.4 Å². The molecule has 26 heavy (non-hydrogen) atoms. The van der Waals surface area contributed by atoms with Gasteiger partial charge in [-0.05, 0) is 30.0 Å². The van der Waals surface area contributed by atoms with Gasteiger partial charge < -0.3 is 14.6 Å². The number of aromatic amines is 1. The smallest absolute Gasteiger partial charge is 0.392 e. The minimum atomic E-state index is -4.75. The quantitative estimate of drug-likeness (QED) is 0.725. The number of rotatable bonds is 5. The van der Waals surface area contributed by atoms with Gasteiger partial charge in [-0.3, -0.25) is 4.79 Å². The zero-order valence-corrected chi connectivity index (χ0v) is 13.4. The lowest BCUT2D eigenvalue weighted by Crippen LogP contribution is -2.14. The van der Waals surface area contributed by atoms with Gasteiger partial charge in [0.25, 0.3) is 5.56 Å². The number of aliphatic hydroxyl groups excluding tert-OH is 1. The number of hydrogen-bond acceptors (Lipinski definition) is 5. The molecule has 0 radical (unpaired) electrons. The minimum absolute atomic E-state index is 0.103. The first-order chi connectivity index (χ1) is 12.4. The number of alkyl halides is 3. The first-order valence-electron chi connectivity index (χ1n) is 7.69. The maximum Gasteiger partial charge on any atom is 0.471 e. The van der Waals surface area contributed by atoms with Gasteiger partial charge in [-0.15, -0.1) is 0 Å². The van der Waals surface area contributed by atoms with Crippen LogP contribution in [-0.2, 0) is 25.6 Å². The van der Waals surface area contributed by atoms with E-state index in [1.807, 2.05) is 6.07 Å². The van der Waals surface area contributed by atoms with E-state index in [9.17, 15) is 23.1 Å². The number of halogens is 3. The standard InChI is InChI=1S/C17H14F3N3O3/c18-17(19,20)16-22-14(23-26-16)12-6-7-21-15(25)13(12)5-4-10-2-1-3-11(8-10)9-24/h1-3,6-8,24H,4-5,9H2,(H,21,25). The molecule has 0 aliphatic heterocycles. The predicted molar refractivity (Wildman–Crippen MR) is 85.1 cm³/mol. The van der Waals surface area contributed by atoms with Crippen molar-refractivity contribution in [3.63, 3.8) is 0 Å². The number of nitrogens with zero attached hydrogens (tertiary/aromatic N) is 2. The van der Waals surface area contributed by atoms with E-state index in [1.54, 1.807) is 18.2 Å². The topological polar surface area (TPSA) is 92.0 Å². The molecule has 3 rings (SSSR count). The lowest BCUT2D eigenvalue weighted by atomic mass is 10.00. The van der Waals surface area contributed by atoms with Crippen LogP contribution in [0.4, 0.5) is 13.2 Å². The molecule has 2 aromatic heterocycles. The number of aliphatic hydroxyl groups is 1. The minimum Gasteiger partial charge on any atom is -0.392 e. The monoisotopic (exact) mass is 365 g/mol. The van der Waals surface area contributed by atoms with Gasteiger partial charge in [-0.25, -0.2) is 0 Å². The Morgan fingerprint density at radius 1 is 1.15 bits per heavy atom. The summed E-state index contributed by atoms with van der Waals surface area (Å²) in [5.41, 5.74) is 1.63. The lowest BCUT2D eigenvalue weighted by molar-refractivity contribution is -0.159. The first-order valence-corrected chi connectivity index (χ1v) is 7.69. The van der Waals surface area contributed by atoms with Crippen LogP contribution >= 0.6 is 0 Å². The molecule has 2 N–H and O–H groups in total. The maximum absolute atomic E-state index is 12.7. The van der Waals surface area contributed by atoms with E-state index in [1.165, 1.54) is 12.3 Å². The molecule has 3 aromatic rings. The van der Waals surface area contributed by atoms with Crippen LogP contribution < -0.4 is 5.56 Å². The van der Waals surface area contributed by atoms with Crippen molar-refractivity contribution in [1.29, 1.82) is 0 Å². The molecule has 136 valence electrons. The number of H-pyrrole nitrogens is 1. The highest BCUT2D eigenvalue weighted by molar-refractivity contribution is 5.58. The molecule has 0 bridgehead atoms. The molecule has 1 aromatic carbocycles. The summed E-state index contributed by atoms with van der Waals surface area (Å²) in [6.07, 6.45) is -2.72. The molecule has 0 saturated heterocycles. The molecule has 0 aliphatic carbocycles. The van der Waals surface area contributed by atoms with Crippen molar-refractivity contribution < 1.29 is 22.8 Å². The summed E-state index contributed by atoms with van der Waals surface area (Å²) in [6.45, 7) is -0.103. The highest BCUT2D eigenvalue weighted by atomic mass is 19.4. The largest absolute Gasteiger partial charge is 0.471 e. The molecule has 0 atom stereocenters. The van der Waals surface area contributed by atoms with Crippen LogP contribution in [0.15, 0.2) is 45.8 Å². The lowest BCUT2D eigenvalue weighted by Gasteiger charge is -2.06. The van der Waals surface area contributed by atoms with Gasteiger partial charge in [0.05, 0.1) is 6.61 Å². The average Bonchev–Trinajstić information content (AvgIpc) is 3.11. The van der Waals surface area contributed by atoms with Gasteiger partial charge in [0, 0.05) is 17.3 Å². The third-order valence-electron chi connectivity index (χ3n) is 3.81. The Morgan fingerprint density at radius 2 is 1.92 bits per heavy atom. The summed E-state index contributed by atoms with van der Waals surface area (Å²) in [6, 6.07) is 8.62. The molecule has 0 fully saturated rings. The number of pyridine rings is 1. The zero-order valence-electron chi connectivity index (χ0n) is 13.4. The molecule has 0 unspecified atom stereocenters. The van der Waals surface area contributed by atoms with Gasteiger partial charge in [0.2, 0.25) is 5.82 Å². The second kappa shape index (κ2) is 7.12. The Bertz CT molecular complexity index is 963. The second-order valence-electron chi connectivity index (χ2n) is 5.60. The van der Waals surface area contributed by atoms with Crippen LogP contribution in [0.5, 0.6) is 0 Å². The summed E-state index contributed by atoms with van der Waals surface area (Å²) in [5.74, 6) is -1.75. The number of hydrogen-bond donors (Lipinski definition) is 2. The molecule has 0 aliphatic rings. The van der Waals surface area contributed by atoms with Gasteiger partial charge in [0.1, 0.15) is 0 Å². The average molecular weight is 365 g/mol. The van der Waals surface area contributed by atoms with Crippen molar-refractivity contribution >= 4 is 0 Å².